The van der Waals surface area contributed by atoms with Crippen molar-refractivity contribution in [1.29, 1.82) is 0 Å². The van der Waals surface area contributed by atoms with Gasteiger partial charge in [0.05, 0.1) is 11.2 Å². The Morgan fingerprint density at radius 3 is 2.80 bits per heavy atom. The molecule has 2 aromatic heterocycles. The number of aryl methyl sites for hydroxylation is 1. The van der Waals surface area contributed by atoms with Gasteiger partial charge in [0, 0.05) is 22.8 Å². The summed E-state index contributed by atoms with van der Waals surface area (Å²) < 4.78 is 2.81. The summed E-state index contributed by atoms with van der Waals surface area (Å²) in [6, 6.07) is 8.24. The lowest BCUT2D eigenvalue weighted by Crippen LogP contribution is -2.00. The van der Waals surface area contributed by atoms with Crippen molar-refractivity contribution in [3.63, 3.8) is 0 Å². The largest absolute Gasteiger partial charge is 0.326 e. The highest BCUT2D eigenvalue weighted by molar-refractivity contribution is 9.10. The van der Waals surface area contributed by atoms with E-state index in [1.165, 1.54) is 5.56 Å². The van der Waals surface area contributed by atoms with Gasteiger partial charge in [-0.05, 0) is 46.1 Å². The fraction of sp³-hybridized carbons (Fsp3) is 0.143. The lowest BCUT2D eigenvalue weighted by Gasteiger charge is -2.07. The molecule has 6 heteroatoms. The first-order chi connectivity index (χ1) is 9.19. The number of hydrogen-bond acceptors (Lipinski definition) is 3. The molecule has 0 aliphatic carbocycles. The van der Waals surface area contributed by atoms with Gasteiger partial charge in [0.1, 0.15) is 6.33 Å². The van der Waals surface area contributed by atoms with Crippen molar-refractivity contribution in [1.82, 2.24) is 14.6 Å². The Bertz CT molecular complexity index is 754. The molecule has 0 atom stereocenters. The van der Waals surface area contributed by atoms with Gasteiger partial charge in [0.2, 0.25) is 0 Å². The van der Waals surface area contributed by atoms with Gasteiger partial charge >= 0.3 is 0 Å². The predicted molar refractivity (Wildman–Crippen MR) is 86.0 cm³/mol. The zero-order chi connectivity index (χ0) is 13.4. The van der Waals surface area contributed by atoms with Gasteiger partial charge in [0.25, 0.3) is 0 Å². The van der Waals surface area contributed by atoms with Gasteiger partial charge in [-0.1, -0.05) is 12.1 Å². The maximum absolute atomic E-state index is 5.70. The topological polar surface area (TPSA) is 56.2 Å². The Kier molecular flexibility index (Phi) is 4.42. The Balaban J connectivity index is 0.00000147. The van der Waals surface area contributed by atoms with Crippen LogP contribution < -0.4 is 5.73 Å². The first kappa shape index (κ1) is 15.0. The third kappa shape index (κ3) is 2.57. The summed E-state index contributed by atoms with van der Waals surface area (Å²) in [4.78, 5) is 4.40. The number of rotatable bonds is 2. The number of aromatic nitrogens is 3. The molecular weight excluding hydrogens is 340 g/mol. The molecule has 0 aliphatic heterocycles. The molecule has 2 N–H and O–H groups in total. The molecule has 0 saturated carbocycles. The lowest BCUT2D eigenvalue weighted by molar-refractivity contribution is 0.905. The molecule has 0 aliphatic rings. The monoisotopic (exact) mass is 352 g/mol. The summed E-state index contributed by atoms with van der Waals surface area (Å²) in [6.07, 6.45) is 3.49. The second-order valence-electron chi connectivity index (χ2n) is 4.44. The average molecular weight is 354 g/mol. The fourth-order valence-corrected chi connectivity index (χ4v) is 2.60. The van der Waals surface area contributed by atoms with E-state index in [2.05, 4.69) is 51.1 Å². The van der Waals surface area contributed by atoms with Gasteiger partial charge in [0.15, 0.2) is 0 Å². The highest BCUT2D eigenvalue weighted by Gasteiger charge is 2.09. The summed E-state index contributed by atoms with van der Waals surface area (Å²) in [6.45, 7) is 2.63. The van der Waals surface area contributed by atoms with Gasteiger partial charge in [-0.3, -0.25) is 0 Å². The summed E-state index contributed by atoms with van der Waals surface area (Å²) in [5.41, 5.74) is 11.0. The minimum Gasteiger partial charge on any atom is -0.326 e. The number of fused-ring (bicyclic) bond motifs is 1. The second-order valence-corrected chi connectivity index (χ2v) is 5.36. The molecule has 2 heterocycles. The molecule has 3 aromatic rings. The highest BCUT2D eigenvalue weighted by Crippen LogP contribution is 2.26. The van der Waals surface area contributed by atoms with Crippen LogP contribution in [0.3, 0.4) is 0 Å². The molecule has 0 amide bonds. The number of hydrogen-bond donors (Lipinski definition) is 1. The van der Waals surface area contributed by atoms with Gasteiger partial charge in [-0.15, -0.1) is 12.4 Å². The van der Waals surface area contributed by atoms with Crippen LogP contribution in [-0.2, 0) is 6.54 Å². The number of benzene rings is 1. The molecular formula is C14H14BrClN4. The van der Waals surface area contributed by atoms with Crippen molar-refractivity contribution >= 4 is 33.9 Å². The quantitative estimate of drug-likeness (QED) is 0.768. The van der Waals surface area contributed by atoms with Crippen molar-refractivity contribution < 1.29 is 0 Å². The van der Waals surface area contributed by atoms with Crippen LogP contribution in [0.2, 0.25) is 0 Å². The fourth-order valence-electron chi connectivity index (χ4n) is 2.19. The van der Waals surface area contributed by atoms with E-state index >= 15 is 0 Å². The van der Waals surface area contributed by atoms with E-state index in [4.69, 9.17) is 5.73 Å². The molecule has 0 unspecified atom stereocenters. The summed E-state index contributed by atoms with van der Waals surface area (Å²) >= 11 is 3.46. The molecule has 0 saturated heterocycles. The SMILES string of the molecule is Cc1cc(-c2ncnn3cc(Br)cc23)ccc1CN.Cl. The normalized spacial score (nSPS) is 10.6. The van der Waals surface area contributed by atoms with E-state index in [1.807, 2.05) is 16.8 Å². The Morgan fingerprint density at radius 1 is 1.30 bits per heavy atom. The Labute approximate surface area is 131 Å². The Morgan fingerprint density at radius 2 is 2.10 bits per heavy atom. The number of nitrogens with two attached hydrogens (primary N) is 1. The van der Waals surface area contributed by atoms with Crippen LogP contribution in [0, 0.1) is 6.92 Å². The van der Waals surface area contributed by atoms with Crippen molar-refractivity contribution in [2.24, 2.45) is 5.73 Å². The van der Waals surface area contributed by atoms with Crippen molar-refractivity contribution in [3.8, 4) is 11.3 Å². The van der Waals surface area contributed by atoms with Crippen LogP contribution in [0.4, 0.5) is 0 Å². The standard InChI is InChI=1S/C14H13BrN4.ClH/c1-9-4-10(2-3-11(9)6-16)14-13-5-12(15)7-19(13)18-8-17-14;/h2-5,7-8H,6,16H2,1H3;1H. The van der Waals surface area contributed by atoms with Crippen LogP contribution in [0.5, 0.6) is 0 Å². The second kappa shape index (κ2) is 5.91. The van der Waals surface area contributed by atoms with E-state index in [0.29, 0.717) is 6.54 Å². The molecule has 0 spiro atoms. The molecule has 0 fully saturated rings. The first-order valence-electron chi connectivity index (χ1n) is 5.98. The van der Waals surface area contributed by atoms with E-state index < -0.39 is 0 Å². The van der Waals surface area contributed by atoms with Crippen LogP contribution in [0.1, 0.15) is 11.1 Å². The smallest absolute Gasteiger partial charge is 0.137 e. The number of halogens is 2. The van der Waals surface area contributed by atoms with Crippen LogP contribution in [-0.4, -0.2) is 14.6 Å². The summed E-state index contributed by atoms with van der Waals surface area (Å²) in [5, 5.41) is 4.20. The lowest BCUT2D eigenvalue weighted by atomic mass is 10.0. The van der Waals surface area contributed by atoms with Crippen molar-refractivity contribution in [2.75, 3.05) is 0 Å². The molecule has 4 nitrogen and oxygen atoms in total. The third-order valence-corrected chi connectivity index (χ3v) is 3.64. The minimum atomic E-state index is 0. The minimum absolute atomic E-state index is 0. The molecule has 104 valence electrons. The van der Waals surface area contributed by atoms with Crippen molar-refractivity contribution in [3.05, 3.63) is 52.4 Å². The molecule has 3 rings (SSSR count). The van der Waals surface area contributed by atoms with Crippen LogP contribution >= 0.6 is 28.3 Å². The maximum atomic E-state index is 5.70. The van der Waals surface area contributed by atoms with E-state index in [1.54, 1.807) is 6.33 Å². The molecule has 1 aromatic carbocycles. The molecule has 0 radical (unpaired) electrons. The average Bonchev–Trinajstić information content (AvgIpc) is 2.78. The van der Waals surface area contributed by atoms with Gasteiger partial charge in [-0.2, -0.15) is 5.10 Å². The first-order valence-corrected chi connectivity index (χ1v) is 6.77. The molecule has 0 bridgehead atoms. The van der Waals surface area contributed by atoms with E-state index in [-0.39, 0.29) is 12.4 Å². The van der Waals surface area contributed by atoms with Gasteiger partial charge in [-0.25, -0.2) is 9.50 Å². The Hall–Kier alpha value is -1.43. The van der Waals surface area contributed by atoms with E-state index in [0.717, 1.165) is 26.8 Å². The third-order valence-electron chi connectivity index (χ3n) is 3.21. The maximum Gasteiger partial charge on any atom is 0.137 e. The van der Waals surface area contributed by atoms with Gasteiger partial charge < -0.3 is 5.73 Å². The zero-order valence-corrected chi connectivity index (χ0v) is 13.3. The number of nitrogens with zero attached hydrogens (tertiary/aromatic N) is 3. The van der Waals surface area contributed by atoms with Crippen LogP contribution in [0.25, 0.3) is 16.8 Å². The van der Waals surface area contributed by atoms with Crippen LogP contribution in [0.15, 0.2) is 41.3 Å². The van der Waals surface area contributed by atoms with Crippen molar-refractivity contribution in [2.45, 2.75) is 13.5 Å². The predicted octanol–water partition coefficient (Wildman–Crippen LogP) is 3.35. The summed E-state index contributed by atoms with van der Waals surface area (Å²) in [5.74, 6) is 0. The molecule has 20 heavy (non-hydrogen) atoms. The van der Waals surface area contributed by atoms with E-state index in [9.17, 15) is 0 Å². The summed E-state index contributed by atoms with van der Waals surface area (Å²) in [7, 11) is 0. The highest BCUT2D eigenvalue weighted by atomic mass is 79.9. The zero-order valence-electron chi connectivity index (χ0n) is 10.9.